The van der Waals surface area contributed by atoms with Gasteiger partial charge in [-0.15, -0.1) is 0 Å². The Bertz CT molecular complexity index is 439. The van der Waals surface area contributed by atoms with Gasteiger partial charge in [-0.05, 0) is 54.9 Å². The number of halogens is 2. The van der Waals surface area contributed by atoms with Crippen molar-refractivity contribution in [2.24, 2.45) is 0 Å². The highest BCUT2D eigenvalue weighted by atomic mass is 79.9. The lowest BCUT2D eigenvalue weighted by Crippen LogP contribution is -2.45. The third-order valence-electron chi connectivity index (χ3n) is 3.08. The Balaban J connectivity index is 2.88. The zero-order valence-electron chi connectivity index (χ0n) is 11.8. The normalized spacial score (nSPS) is 15.1. The minimum atomic E-state index is -0.465. The fourth-order valence-corrected chi connectivity index (χ4v) is 2.57. The molecular weight excluding hydrogens is 330 g/mol. The van der Waals surface area contributed by atoms with Crippen LogP contribution in [0.2, 0.25) is 5.02 Å². The van der Waals surface area contributed by atoms with Gasteiger partial charge in [-0.2, -0.15) is 0 Å². The molecule has 0 spiro atoms. The van der Waals surface area contributed by atoms with Crippen molar-refractivity contribution in [2.45, 2.75) is 38.3 Å². The average Bonchev–Trinajstić information content (AvgIpc) is 2.33. The number of hydrogen-bond acceptors (Lipinski definition) is 3. The highest BCUT2D eigenvalue weighted by Gasteiger charge is 2.32. The van der Waals surface area contributed by atoms with Crippen LogP contribution in [-0.2, 0) is 4.74 Å². The Morgan fingerprint density at radius 2 is 2.00 bits per heavy atom. The van der Waals surface area contributed by atoms with E-state index in [4.69, 9.17) is 16.3 Å². The molecule has 5 heteroatoms. The van der Waals surface area contributed by atoms with Crippen molar-refractivity contribution >= 4 is 33.2 Å². The van der Waals surface area contributed by atoms with Gasteiger partial charge in [0.1, 0.15) is 0 Å². The first kappa shape index (κ1) is 16.8. The highest BCUT2D eigenvalue weighted by Crippen LogP contribution is 2.30. The predicted molar refractivity (Wildman–Crippen MR) is 84.0 cm³/mol. The van der Waals surface area contributed by atoms with Gasteiger partial charge in [0.05, 0.1) is 22.8 Å². The summed E-state index contributed by atoms with van der Waals surface area (Å²) in [6.45, 7) is 5.98. The van der Waals surface area contributed by atoms with Crippen molar-refractivity contribution in [3.8, 4) is 0 Å². The third kappa shape index (κ3) is 4.95. The minimum Gasteiger partial charge on any atom is -0.394 e. The molecule has 0 aromatic heterocycles. The molecule has 0 radical (unpaired) electrons. The van der Waals surface area contributed by atoms with Crippen molar-refractivity contribution in [3.63, 3.8) is 0 Å². The lowest BCUT2D eigenvalue weighted by molar-refractivity contribution is -0.00531. The summed E-state index contributed by atoms with van der Waals surface area (Å²) in [6, 6.07) is 5.60. The molecule has 1 aromatic carbocycles. The molecule has 2 N–H and O–H groups in total. The minimum absolute atomic E-state index is 0.0139. The van der Waals surface area contributed by atoms with Gasteiger partial charge in [0.15, 0.2) is 0 Å². The van der Waals surface area contributed by atoms with Crippen molar-refractivity contribution in [2.75, 3.05) is 19.0 Å². The summed E-state index contributed by atoms with van der Waals surface area (Å²) in [5.74, 6) is 0. The summed E-state index contributed by atoms with van der Waals surface area (Å²) >= 11 is 9.36. The van der Waals surface area contributed by atoms with Crippen molar-refractivity contribution in [1.29, 1.82) is 0 Å². The van der Waals surface area contributed by atoms with E-state index in [9.17, 15) is 5.11 Å². The van der Waals surface area contributed by atoms with E-state index < -0.39 is 5.54 Å². The summed E-state index contributed by atoms with van der Waals surface area (Å²) in [4.78, 5) is 0. The largest absolute Gasteiger partial charge is 0.394 e. The van der Waals surface area contributed by atoms with Crippen LogP contribution in [0.15, 0.2) is 22.7 Å². The molecule has 0 heterocycles. The fraction of sp³-hybridized carbons (Fsp3) is 0.571. The monoisotopic (exact) mass is 349 g/mol. The van der Waals surface area contributed by atoms with Gasteiger partial charge < -0.3 is 15.2 Å². The van der Waals surface area contributed by atoms with Crippen LogP contribution in [0.5, 0.6) is 0 Å². The summed E-state index contributed by atoms with van der Waals surface area (Å²) in [7, 11) is 1.68. The lowest BCUT2D eigenvalue weighted by Gasteiger charge is -2.37. The van der Waals surface area contributed by atoms with E-state index in [2.05, 4.69) is 21.2 Å². The zero-order valence-corrected chi connectivity index (χ0v) is 14.1. The molecular formula is C14H21BrClNO2. The first-order valence-corrected chi connectivity index (χ1v) is 7.28. The van der Waals surface area contributed by atoms with Crippen LogP contribution in [0, 0.1) is 0 Å². The van der Waals surface area contributed by atoms with Gasteiger partial charge in [-0.3, -0.25) is 0 Å². The van der Waals surface area contributed by atoms with E-state index in [1.165, 1.54) is 0 Å². The second kappa shape index (κ2) is 6.44. The second-order valence-electron chi connectivity index (χ2n) is 5.61. The molecule has 1 unspecified atom stereocenters. The number of nitrogens with one attached hydrogen (secondary N) is 1. The van der Waals surface area contributed by atoms with Crippen LogP contribution in [0.25, 0.3) is 0 Å². The van der Waals surface area contributed by atoms with Gasteiger partial charge >= 0.3 is 0 Å². The smallest absolute Gasteiger partial charge is 0.0659 e. The van der Waals surface area contributed by atoms with E-state index in [1.54, 1.807) is 7.11 Å². The lowest BCUT2D eigenvalue weighted by atomic mass is 9.88. The number of aliphatic hydroxyl groups excluding tert-OH is 1. The number of benzene rings is 1. The molecule has 1 aromatic rings. The second-order valence-corrected chi connectivity index (χ2v) is 6.87. The molecule has 0 aliphatic carbocycles. The van der Waals surface area contributed by atoms with Crippen LogP contribution in [-0.4, -0.2) is 30.0 Å². The summed E-state index contributed by atoms with van der Waals surface area (Å²) in [5.41, 5.74) is 0.126. The van der Waals surface area contributed by atoms with Crippen molar-refractivity contribution in [1.82, 2.24) is 0 Å². The van der Waals surface area contributed by atoms with Crippen LogP contribution < -0.4 is 5.32 Å². The van der Waals surface area contributed by atoms with Crippen LogP contribution in [0.3, 0.4) is 0 Å². The van der Waals surface area contributed by atoms with Gasteiger partial charge in [0.25, 0.3) is 0 Å². The van der Waals surface area contributed by atoms with Crippen LogP contribution >= 0.6 is 27.5 Å². The van der Waals surface area contributed by atoms with Gasteiger partial charge in [0.2, 0.25) is 0 Å². The Morgan fingerprint density at radius 3 is 2.47 bits per heavy atom. The molecule has 0 fully saturated rings. The predicted octanol–water partition coefficient (Wildman–Crippen LogP) is 4.08. The van der Waals surface area contributed by atoms with Crippen LogP contribution in [0.4, 0.5) is 5.69 Å². The summed E-state index contributed by atoms with van der Waals surface area (Å²) in [6.07, 6.45) is 0.674. The zero-order chi connectivity index (χ0) is 14.7. The van der Waals surface area contributed by atoms with Crippen molar-refractivity contribution < 1.29 is 9.84 Å². The van der Waals surface area contributed by atoms with Gasteiger partial charge in [0, 0.05) is 23.7 Å². The summed E-state index contributed by atoms with van der Waals surface area (Å²) in [5, 5.41) is 13.7. The topological polar surface area (TPSA) is 41.5 Å². The molecule has 0 amide bonds. The maximum atomic E-state index is 9.67. The van der Waals surface area contributed by atoms with Crippen LogP contribution in [0.1, 0.15) is 27.2 Å². The molecule has 0 aliphatic heterocycles. The molecule has 108 valence electrons. The number of anilines is 1. The number of methoxy groups -OCH3 is 1. The van der Waals surface area contributed by atoms with E-state index in [1.807, 2.05) is 39.0 Å². The Morgan fingerprint density at radius 1 is 1.37 bits per heavy atom. The molecule has 1 atom stereocenters. The number of rotatable bonds is 6. The van der Waals surface area contributed by atoms with E-state index in [0.29, 0.717) is 11.4 Å². The molecule has 0 bridgehead atoms. The standard InChI is InChI=1S/C14H21BrClNO2/c1-13(2,19-4)8-14(3,9-18)17-10-5-6-12(16)11(15)7-10/h5-7,17-18H,8-9H2,1-4H3. The first-order valence-electron chi connectivity index (χ1n) is 6.11. The maximum absolute atomic E-state index is 9.67. The number of aliphatic hydroxyl groups is 1. The SMILES string of the molecule is COC(C)(C)CC(C)(CO)Nc1ccc(Cl)c(Br)c1. The number of hydrogen-bond donors (Lipinski definition) is 2. The number of ether oxygens (including phenoxy) is 1. The molecule has 3 nitrogen and oxygen atoms in total. The fourth-order valence-electron chi connectivity index (χ4n) is 2.07. The molecule has 19 heavy (non-hydrogen) atoms. The van der Waals surface area contributed by atoms with Crippen molar-refractivity contribution in [3.05, 3.63) is 27.7 Å². The first-order chi connectivity index (χ1) is 8.71. The average molecular weight is 351 g/mol. The molecule has 0 saturated carbocycles. The third-order valence-corrected chi connectivity index (χ3v) is 4.30. The Labute approximate surface area is 128 Å². The van der Waals surface area contributed by atoms with Gasteiger partial charge in [-0.25, -0.2) is 0 Å². The Hall–Kier alpha value is -0.290. The quantitative estimate of drug-likeness (QED) is 0.812. The highest BCUT2D eigenvalue weighted by molar-refractivity contribution is 9.10. The molecule has 0 aliphatic rings. The summed E-state index contributed by atoms with van der Waals surface area (Å²) < 4.78 is 6.26. The molecule has 1 rings (SSSR count). The van der Waals surface area contributed by atoms with E-state index in [0.717, 1.165) is 10.2 Å². The van der Waals surface area contributed by atoms with E-state index in [-0.39, 0.29) is 12.2 Å². The Kier molecular flexibility index (Phi) is 5.68. The maximum Gasteiger partial charge on any atom is 0.0659 e. The van der Waals surface area contributed by atoms with E-state index >= 15 is 0 Å². The molecule has 0 saturated heterocycles. The van der Waals surface area contributed by atoms with Gasteiger partial charge in [-0.1, -0.05) is 11.6 Å².